The normalized spacial score (nSPS) is 11.3. The SMILES string of the molecule is CCC(C)NC(=O)c1cnc(Nc2ccccc2C#N)nc1. The van der Waals surface area contributed by atoms with Crippen molar-refractivity contribution in [1.29, 1.82) is 5.26 Å². The van der Waals surface area contributed by atoms with Gasteiger partial charge in [0.15, 0.2) is 0 Å². The minimum absolute atomic E-state index is 0.104. The zero-order valence-corrected chi connectivity index (χ0v) is 12.5. The third-order valence-electron chi connectivity index (χ3n) is 3.20. The van der Waals surface area contributed by atoms with Gasteiger partial charge in [0.25, 0.3) is 5.91 Å². The van der Waals surface area contributed by atoms with Gasteiger partial charge in [0.05, 0.1) is 16.8 Å². The van der Waals surface area contributed by atoms with Crippen molar-refractivity contribution >= 4 is 17.5 Å². The molecule has 0 aliphatic rings. The van der Waals surface area contributed by atoms with E-state index < -0.39 is 0 Å². The largest absolute Gasteiger partial charge is 0.350 e. The van der Waals surface area contributed by atoms with Crippen molar-refractivity contribution in [2.45, 2.75) is 26.3 Å². The number of nitrogens with zero attached hydrogens (tertiary/aromatic N) is 3. The highest BCUT2D eigenvalue weighted by Crippen LogP contribution is 2.17. The number of carbonyl (C=O) groups excluding carboxylic acids is 1. The Morgan fingerprint density at radius 3 is 2.64 bits per heavy atom. The Morgan fingerprint density at radius 1 is 1.32 bits per heavy atom. The Hall–Kier alpha value is -2.94. The van der Waals surface area contributed by atoms with Crippen LogP contribution in [0.3, 0.4) is 0 Å². The Balaban J connectivity index is 2.09. The van der Waals surface area contributed by atoms with Crippen LogP contribution < -0.4 is 10.6 Å². The molecule has 1 aromatic carbocycles. The molecule has 0 bridgehead atoms. The topological polar surface area (TPSA) is 90.7 Å². The van der Waals surface area contributed by atoms with Gasteiger partial charge >= 0.3 is 0 Å². The van der Waals surface area contributed by atoms with E-state index in [9.17, 15) is 4.79 Å². The highest BCUT2D eigenvalue weighted by atomic mass is 16.1. The van der Waals surface area contributed by atoms with E-state index >= 15 is 0 Å². The average Bonchev–Trinajstić information content (AvgIpc) is 2.55. The molecule has 1 atom stereocenters. The summed E-state index contributed by atoms with van der Waals surface area (Å²) in [6, 6.07) is 9.27. The van der Waals surface area contributed by atoms with Crippen LogP contribution >= 0.6 is 0 Å². The maximum Gasteiger partial charge on any atom is 0.254 e. The van der Waals surface area contributed by atoms with Gasteiger partial charge in [-0.25, -0.2) is 9.97 Å². The molecule has 1 aromatic heterocycles. The zero-order valence-electron chi connectivity index (χ0n) is 12.5. The number of nitriles is 1. The fourth-order valence-corrected chi connectivity index (χ4v) is 1.73. The van der Waals surface area contributed by atoms with Gasteiger partial charge in [-0.2, -0.15) is 5.26 Å². The summed E-state index contributed by atoms with van der Waals surface area (Å²) in [5.74, 6) is 0.140. The van der Waals surface area contributed by atoms with E-state index in [0.717, 1.165) is 6.42 Å². The smallest absolute Gasteiger partial charge is 0.254 e. The second-order valence-corrected chi connectivity index (χ2v) is 4.86. The number of para-hydroxylation sites is 1. The van der Waals surface area contributed by atoms with Crippen LogP contribution in [0, 0.1) is 11.3 Å². The molecule has 0 aliphatic carbocycles. The van der Waals surface area contributed by atoms with E-state index in [-0.39, 0.29) is 11.9 Å². The number of hydrogen-bond acceptors (Lipinski definition) is 5. The fraction of sp³-hybridized carbons (Fsp3) is 0.250. The Labute approximate surface area is 129 Å². The Bertz CT molecular complexity index is 690. The molecule has 112 valence electrons. The van der Waals surface area contributed by atoms with Gasteiger partial charge in [0.2, 0.25) is 5.95 Å². The lowest BCUT2D eigenvalue weighted by Crippen LogP contribution is -2.32. The first-order valence-corrected chi connectivity index (χ1v) is 7.03. The summed E-state index contributed by atoms with van der Waals surface area (Å²) in [6.45, 7) is 3.94. The number of hydrogen-bond donors (Lipinski definition) is 2. The van der Waals surface area contributed by atoms with Crippen LogP contribution in [0.4, 0.5) is 11.6 Å². The number of amides is 1. The van der Waals surface area contributed by atoms with E-state index in [1.165, 1.54) is 12.4 Å². The van der Waals surface area contributed by atoms with E-state index in [2.05, 4.69) is 26.7 Å². The molecule has 2 rings (SSSR count). The molecule has 2 N–H and O–H groups in total. The minimum atomic E-state index is -0.196. The Morgan fingerprint density at radius 2 is 2.00 bits per heavy atom. The molecule has 0 fully saturated rings. The molecular formula is C16H17N5O. The number of anilines is 2. The predicted octanol–water partition coefficient (Wildman–Crippen LogP) is 2.62. The summed E-state index contributed by atoms with van der Waals surface area (Å²) in [6.07, 6.45) is 3.78. The van der Waals surface area contributed by atoms with Gasteiger partial charge in [-0.05, 0) is 25.5 Å². The van der Waals surface area contributed by atoms with E-state index in [0.29, 0.717) is 22.8 Å². The number of nitrogens with one attached hydrogen (secondary N) is 2. The summed E-state index contributed by atoms with van der Waals surface area (Å²) in [5.41, 5.74) is 1.53. The number of benzene rings is 1. The molecular weight excluding hydrogens is 278 g/mol. The standard InChI is InChI=1S/C16H17N5O/c1-3-11(2)20-15(22)13-9-18-16(19-10-13)21-14-7-5-4-6-12(14)8-17/h4-7,9-11H,3H2,1-2H3,(H,20,22)(H,18,19,21). The lowest BCUT2D eigenvalue weighted by atomic mass is 10.2. The van der Waals surface area contributed by atoms with Gasteiger partial charge in [-0.3, -0.25) is 4.79 Å². The molecule has 6 nitrogen and oxygen atoms in total. The second-order valence-electron chi connectivity index (χ2n) is 4.86. The maximum atomic E-state index is 11.9. The summed E-state index contributed by atoms with van der Waals surface area (Å²) in [7, 11) is 0. The molecule has 1 heterocycles. The quantitative estimate of drug-likeness (QED) is 0.884. The summed E-state index contributed by atoms with van der Waals surface area (Å²) in [5, 5.41) is 14.9. The van der Waals surface area contributed by atoms with Crippen LogP contribution in [0.25, 0.3) is 0 Å². The number of aromatic nitrogens is 2. The van der Waals surface area contributed by atoms with Crippen LogP contribution in [0.5, 0.6) is 0 Å². The summed E-state index contributed by atoms with van der Waals surface area (Å²) in [4.78, 5) is 20.2. The Kier molecular flexibility index (Phi) is 5.04. The minimum Gasteiger partial charge on any atom is -0.350 e. The van der Waals surface area contributed by atoms with Crippen molar-refractivity contribution in [3.8, 4) is 6.07 Å². The lowest BCUT2D eigenvalue weighted by Gasteiger charge is -2.11. The molecule has 1 unspecified atom stereocenters. The number of rotatable bonds is 5. The van der Waals surface area contributed by atoms with Crippen LogP contribution in [-0.4, -0.2) is 21.9 Å². The van der Waals surface area contributed by atoms with E-state index in [4.69, 9.17) is 5.26 Å². The molecule has 0 saturated heterocycles. The zero-order chi connectivity index (χ0) is 15.9. The van der Waals surface area contributed by atoms with Gasteiger partial charge in [0.1, 0.15) is 6.07 Å². The molecule has 0 saturated carbocycles. The number of carbonyl (C=O) groups is 1. The molecule has 0 spiro atoms. The van der Waals surface area contributed by atoms with Gasteiger partial charge in [-0.15, -0.1) is 0 Å². The third-order valence-corrected chi connectivity index (χ3v) is 3.20. The first kappa shape index (κ1) is 15.4. The third kappa shape index (κ3) is 3.79. The first-order valence-electron chi connectivity index (χ1n) is 7.03. The van der Waals surface area contributed by atoms with Crippen LogP contribution in [0.1, 0.15) is 36.2 Å². The summed E-state index contributed by atoms with van der Waals surface area (Å²) < 4.78 is 0. The van der Waals surface area contributed by atoms with Crippen molar-refractivity contribution in [1.82, 2.24) is 15.3 Å². The van der Waals surface area contributed by atoms with Crippen LogP contribution in [0.2, 0.25) is 0 Å². The molecule has 1 amide bonds. The van der Waals surface area contributed by atoms with Crippen LogP contribution in [0.15, 0.2) is 36.7 Å². The molecule has 0 radical (unpaired) electrons. The molecule has 22 heavy (non-hydrogen) atoms. The highest BCUT2D eigenvalue weighted by Gasteiger charge is 2.10. The first-order chi connectivity index (χ1) is 10.6. The fourth-order valence-electron chi connectivity index (χ4n) is 1.73. The second kappa shape index (κ2) is 7.18. The van der Waals surface area contributed by atoms with Gasteiger partial charge in [-0.1, -0.05) is 19.1 Å². The molecule has 2 aromatic rings. The van der Waals surface area contributed by atoms with Crippen molar-refractivity contribution < 1.29 is 4.79 Å². The summed E-state index contributed by atoms with van der Waals surface area (Å²) >= 11 is 0. The predicted molar refractivity (Wildman–Crippen MR) is 83.7 cm³/mol. The van der Waals surface area contributed by atoms with Gasteiger partial charge in [0, 0.05) is 18.4 Å². The monoisotopic (exact) mass is 295 g/mol. The molecule has 0 aliphatic heterocycles. The van der Waals surface area contributed by atoms with Crippen molar-refractivity contribution in [3.63, 3.8) is 0 Å². The van der Waals surface area contributed by atoms with E-state index in [1.54, 1.807) is 18.2 Å². The van der Waals surface area contributed by atoms with Crippen molar-refractivity contribution in [2.24, 2.45) is 0 Å². The van der Waals surface area contributed by atoms with Crippen LogP contribution in [-0.2, 0) is 0 Å². The molecule has 6 heteroatoms. The van der Waals surface area contributed by atoms with Crippen molar-refractivity contribution in [2.75, 3.05) is 5.32 Å². The lowest BCUT2D eigenvalue weighted by molar-refractivity contribution is 0.0938. The van der Waals surface area contributed by atoms with E-state index in [1.807, 2.05) is 19.9 Å². The average molecular weight is 295 g/mol. The van der Waals surface area contributed by atoms with Crippen molar-refractivity contribution in [3.05, 3.63) is 47.8 Å². The van der Waals surface area contributed by atoms with Gasteiger partial charge < -0.3 is 10.6 Å². The maximum absolute atomic E-state index is 11.9. The highest BCUT2D eigenvalue weighted by molar-refractivity contribution is 5.93.